The number of carbonyl (C=O) groups is 2. The van der Waals surface area contributed by atoms with Crippen LogP contribution in [0.3, 0.4) is 0 Å². The van der Waals surface area contributed by atoms with Crippen molar-refractivity contribution in [2.75, 3.05) is 10.2 Å². The molecule has 0 aromatic heterocycles. The topological polar surface area (TPSA) is 52.7 Å². The molecule has 162 valence electrons. The lowest BCUT2D eigenvalue weighted by molar-refractivity contribution is -0.124. The Bertz CT molecular complexity index is 1140. The van der Waals surface area contributed by atoms with Gasteiger partial charge in [0.2, 0.25) is 5.91 Å². The van der Waals surface area contributed by atoms with E-state index in [0.29, 0.717) is 21.5 Å². The summed E-state index contributed by atoms with van der Waals surface area (Å²) >= 11 is 11.5. The van der Waals surface area contributed by atoms with Crippen molar-refractivity contribution in [2.24, 2.45) is 0 Å². The van der Waals surface area contributed by atoms with Crippen LogP contribution in [0.5, 0.6) is 0 Å². The van der Waals surface area contributed by atoms with E-state index >= 15 is 0 Å². The van der Waals surface area contributed by atoms with Crippen LogP contribution in [0.15, 0.2) is 78.9 Å². The van der Waals surface area contributed by atoms with Gasteiger partial charge in [0, 0.05) is 17.3 Å². The molecule has 3 aromatic rings. The predicted molar refractivity (Wildman–Crippen MR) is 127 cm³/mol. The average Bonchev–Trinajstić information content (AvgIpc) is 3.01. The minimum absolute atomic E-state index is 0.0911. The number of anilines is 2. The summed E-state index contributed by atoms with van der Waals surface area (Å²) in [5.74, 6) is -0.958. The first kappa shape index (κ1) is 21.9. The first-order chi connectivity index (χ1) is 15.4. The molecule has 3 aromatic carbocycles. The van der Waals surface area contributed by atoms with Crippen LogP contribution in [0.1, 0.15) is 12.0 Å². The van der Waals surface area contributed by atoms with Crippen LogP contribution in [0.4, 0.5) is 15.8 Å². The van der Waals surface area contributed by atoms with Gasteiger partial charge in [-0.3, -0.25) is 14.5 Å². The minimum Gasteiger partial charge on any atom is -0.332 e. The zero-order chi connectivity index (χ0) is 22.7. The second-order valence-electron chi connectivity index (χ2n) is 7.32. The van der Waals surface area contributed by atoms with Gasteiger partial charge in [-0.1, -0.05) is 41.9 Å². The maximum Gasteiger partial charge on any atom is 0.256 e. The molecule has 1 fully saturated rings. The Kier molecular flexibility index (Phi) is 6.48. The lowest BCUT2D eigenvalue weighted by Gasteiger charge is -2.24. The van der Waals surface area contributed by atoms with Gasteiger partial charge in [-0.25, -0.2) is 4.39 Å². The monoisotopic (exact) mass is 467 g/mol. The summed E-state index contributed by atoms with van der Waals surface area (Å²) in [7, 11) is 0. The summed E-state index contributed by atoms with van der Waals surface area (Å²) in [5, 5.41) is 3.65. The van der Waals surface area contributed by atoms with Crippen molar-refractivity contribution in [3.05, 3.63) is 95.3 Å². The Hall–Kier alpha value is -3.29. The van der Waals surface area contributed by atoms with Crippen molar-refractivity contribution >= 4 is 52.1 Å². The molecule has 8 heteroatoms. The van der Waals surface area contributed by atoms with Crippen LogP contribution >= 0.6 is 23.8 Å². The number of hydrogen-bond acceptors (Lipinski definition) is 3. The fraction of sp³-hybridized carbons (Fsp3) is 0.125. The molecule has 0 bridgehead atoms. The molecule has 1 aliphatic heterocycles. The number of benzene rings is 3. The van der Waals surface area contributed by atoms with Crippen LogP contribution in [-0.4, -0.2) is 27.9 Å². The lowest BCUT2D eigenvalue weighted by Crippen LogP contribution is -2.37. The molecule has 1 unspecified atom stereocenters. The van der Waals surface area contributed by atoms with Gasteiger partial charge >= 0.3 is 0 Å². The van der Waals surface area contributed by atoms with Crippen molar-refractivity contribution in [3.8, 4) is 0 Å². The average molecular weight is 468 g/mol. The Labute approximate surface area is 195 Å². The van der Waals surface area contributed by atoms with Gasteiger partial charge in [-0.2, -0.15) is 0 Å². The van der Waals surface area contributed by atoms with Crippen LogP contribution < -0.4 is 10.2 Å². The molecular weight excluding hydrogens is 449 g/mol. The molecule has 0 saturated carbocycles. The number of thiocarbonyl (C=S) groups is 1. The molecule has 0 spiro atoms. The highest BCUT2D eigenvalue weighted by atomic mass is 35.5. The molecule has 1 heterocycles. The summed E-state index contributed by atoms with van der Waals surface area (Å²) in [5.41, 5.74) is 1.99. The van der Waals surface area contributed by atoms with E-state index in [1.54, 1.807) is 53.4 Å². The third-order valence-corrected chi connectivity index (χ3v) is 5.78. The second kappa shape index (κ2) is 9.46. The summed E-state index contributed by atoms with van der Waals surface area (Å²) in [4.78, 5) is 29.3. The van der Waals surface area contributed by atoms with E-state index in [1.807, 2.05) is 18.2 Å². The Morgan fingerprint density at radius 3 is 2.31 bits per heavy atom. The van der Waals surface area contributed by atoms with Gasteiger partial charge < -0.3 is 10.2 Å². The van der Waals surface area contributed by atoms with Gasteiger partial charge in [0.15, 0.2) is 5.11 Å². The number of amides is 2. The van der Waals surface area contributed by atoms with Gasteiger partial charge in [0.1, 0.15) is 11.9 Å². The normalized spacial score (nSPS) is 15.9. The van der Waals surface area contributed by atoms with E-state index < -0.39 is 6.04 Å². The summed E-state index contributed by atoms with van der Waals surface area (Å²) in [6.07, 6.45) is -0.0911. The van der Waals surface area contributed by atoms with Gasteiger partial charge in [0.05, 0.1) is 12.1 Å². The van der Waals surface area contributed by atoms with Crippen LogP contribution in [0.2, 0.25) is 5.02 Å². The molecular formula is C24H19ClFN3O2S. The summed E-state index contributed by atoms with van der Waals surface area (Å²) < 4.78 is 13.3. The Morgan fingerprint density at radius 1 is 1.00 bits per heavy atom. The standard InChI is InChI=1S/C24H19ClFN3O2S/c25-17-8-12-19(13-9-17)27-22(30)14-21-23(31)29(20-4-2-1-3-5-20)24(32)28(21)15-16-6-10-18(26)11-7-16/h1-13,21H,14-15H2,(H,27,30). The zero-order valence-corrected chi connectivity index (χ0v) is 18.4. The molecule has 0 aliphatic carbocycles. The van der Waals surface area contributed by atoms with E-state index in [1.165, 1.54) is 17.0 Å². The number of nitrogens with zero attached hydrogens (tertiary/aromatic N) is 2. The van der Waals surface area contributed by atoms with Crippen molar-refractivity contribution in [2.45, 2.75) is 19.0 Å². The molecule has 32 heavy (non-hydrogen) atoms. The predicted octanol–water partition coefficient (Wildman–Crippen LogP) is 5.01. The fourth-order valence-corrected chi connectivity index (χ4v) is 4.05. The molecule has 4 rings (SSSR count). The number of hydrogen-bond donors (Lipinski definition) is 1. The van der Waals surface area contributed by atoms with E-state index in [2.05, 4.69) is 5.32 Å². The van der Waals surface area contributed by atoms with Gasteiger partial charge in [0.25, 0.3) is 5.91 Å². The van der Waals surface area contributed by atoms with E-state index in [-0.39, 0.29) is 30.6 Å². The lowest BCUT2D eigenvalue weighted by atomic mass is 10.1. The number of carbonyl (C=O) groups excluding carboxylic acids is 2. The SMILES string of the molecule is O=C(CC1C(=O)N(c2ccccc2)C(=S)N1Cc1ccc(F)cc1)Nc1ccc(Cl)cc1. The van der Waals surface area contributed by atoms with Gasteiger partial charge in [-0.05, 0) is 66.3 Å². The fourth-order valence-electron chi connectivity index (χ4n) is 3.54. The molecule has 2 amide bonds. The van der Waals surface area contributed by atoms with E-state index in [9.17, 15) is 14.0 Å². The third kappa shape index (κ3) is 4.79. The highest BCUT2D eigenvalue weighted by molar-refractivity contribution is 7.80. The van der Waals surface area contributed by atoms with Crippen molar-refractivity contribution < 1.29 is 14.0 Å². The summed E-state index contributed by atoms with van der Waals surface area (Å²) in [6, 6.07) is 21.0. The minimum atomic E-state index is -0.792. The number of para-hydroxylation sites is 1. The maximum atomic E-state index is 13.3. The zero-order valence-electron chi connectivity index (χ0n) is 16.9. The van der Waals surface area contributed by atoms with E-state index in [0.717, 1.165) is 5.56 Å². The highest BCUT2D eigenvalue weighted by Crippen LogP contribution is 2.29. The maximum absolute atomic E-state index is 13.3. The van der Waals surface area contributed by atoms with Crippen LogP contribution in [-0.2, 0) is 16.1 Å². The Balaban J connectivity index is 1.58. The van der Waals surface area contributed by atoms with E-state index in [4.69, 9.17) is 23.8 Å². The highest BCUT2D eigenvalue weighted by Gasteiger charge is 2.44. The molecule has 1 N–H and O–H groups in total. The number of nitrogens with one attached hydrogen (secondary N) is 1. The van der Waals surface area contributed by atoms with Crippen molar-refractivity contribution in [1.29, 1.82) is 0 Å². The van der Waals surface area contributed by atoms with Crippen LogP contribution in [0.25, 0.3) is 0 Å². The van der Waals surface area contributed by atoms with Crippen LogP contribution in [0, 0.1) is 5.82 Å². The van der Waals surface area contributed by atoms with Crippen molar-refractivity contribution in [1.82, 2.24) is 4.90 Å². The molecule has 1 saturated heterocycles. The molecule has 0 radical (unpaired) electrons. The summed E-state index contributed by atoms with van der Waals surface area (Å²) in [6.45, 7) is 0.271. The Morgan fingerprint density at radius 2 is 1.66 bits per heavy atom. The largest absolute Gasteiger partial charge is 0.332 e. The third-order valence-electron chi connectivity index (χ3n) is 5.11. The van der Waals surface area contributed by atoms with Crippen molar-refractivity contribution in [3.63, 3.8) is 0 Å². The molecule has 5 nitrogen and oxygen atoms in total. The smallest absolute Gasteiger partial charge is 0.256 e. The number of rotatable bonds is 6. The number of halogens is 2. The molecule has 1 atom stereocenters. The first-order valence-electron chi connectivity index (χ1n) is 9.92. The van der Waals surface area contributed by atoms with Gasteiger partial charge in [-0.15, -0.1) is 0 Å². The molecule has 1 aliphatic rings. The first-order valence-corrected chi connectivity index (χ1v) is 10.7. The quantitative estimate of drug-likeness (QED) is 0.518. The second-order valence-corrected chi connectivity index (χ2v) is 8.12.